The standard InChI is InChI=1S/C13H22N2/c1-4-11(2)12-5-7-13(8-6-12)15-10-9-14-3/h5-8,11,14-15H,4,9-10H2,1-3H3. The summed E-state index contributed by atoms with van der Waals surface area (Å²) in [6.07, 6.45) is 1.20. The van der Waals surface area contributed by atoms with E-state index in [4.69, 9.17) is 0 Å². The number of hydrogen-bond acceptors (Lipinski definition) is 2. The summed E-state index contributed by atoms with van der Waals surface area (Å²) < 4.78 is 0. The second kappa shape index (κ2) is 6.46. The summed E-state index contributed by atoms with van der Waals surface area (Å²) in [7, 11) is 1.97. The molecule has 1 atom stereocenters. The molecule has 2 N–H and O–H groups in total. The lowest BCUT2D eigenvalue weighted by atomic mass is 9.99. The number of hydrogen-bond donors (Lipinski definition) is 2. The molecule has 84 valence electrons. The predicted octanol–water partition coefficient (Wildman–Crippen LogP) is 2.83. The summed E-state index contributed by atoms with van der Waals surface area (Å²) in [5.41, 5.74) is 2.63. The van der Waals surface area contributed by atoms with Crippen molar-refractivity contribution in [3.05, 3.63) is 29.8 Å². The van der Waals surface area contributed by atoms with Crippen molar-refractivity contribution in [2.75, 3.05) is 25.5 Å². The molecule has 0 aliphatic rings. The van der Waals surface area contributed by atoms with Gasteiger partial charge in [-0.25, -0.2) is 0 Å². The van der Waals surface area contributed by atoms with Gasteiger partial charge in [-0.1, -0.05) is 26.0 Å². The van der Waals surface area contributed by atoms with Gasteiger partial charge < -0.3 is 10.6 Å². The van der Waals surface area contributed by atoms with Crippen molar-refractivity contribution < 1.29 is 0 Å². The van der Waals surface area contributed by atoms with Crippen molar-refractivity contribution in [1.82, 2.24) is 5.32 Å². The largest absolute Gasteiger partial charge is 0.384 e. The zero-order valence-electron chi connectivity index (χ0n) is 10.0. The first-order valence-electron chi connectivity index (χ1n) is 5.76. The van der Waals surface area contributed by atoms with E-state index in [1.807, 2.05) is 7.05 Å². The maximum absolute atomic E-state index is 3.37. The molecule has 0 heterocycles. The Bertz CT molecular complexity index is 266. The van der Waals surface area contributed by atoms with E-state index in [9.17, 15) is 0 Å². The minimum absolute atomic E-state index is 0.663. The molecule has 0 saturated heterocycles. The Morgan fingerprint density at radius 3 is 2.33 bits per heavy atom. The topological polar surface area (TPSA) is 24.1 Å². The van der Waals surface area contributed by atoms with Gasteiger partial charge in [0.15, 0.2) is 0 Å². The van der Waals surface area contributed by atoms with Crippen molar-refractivity contribution in [2.45, 2.75) is 26.2 Å². The molecule has 1 rings (SSSR count). The van der Waals surface area contributed by atoms with Gasteiger partial charge in [0, 0.05) is 18.8 Å². The first-order chi connectivity index (χ1) is 7.27. The van der Waals surface area contributed by atoms with E-state index < -0.39 is 0 Å². The monoisotopic (exact) mass is 206 g/mol. The molecule has 0 aliphatic heterocycles. The highest BCUT2D eigenvalue weighted by Gasteiger charge is 2.01. The van der Waals surface area contributed by atoms with Crippen LogP contribution in [0.3, 0.4) is 0 Å². The van der Waals surface area contributed by atoms with Gasteiger partial charge in [0.25, 0.3) is 0 Å². The van der Waals surface area contributed by atoms with E-state index in [-0.39, 0.29) is 0 Å². The normalized spacial score (nSPS) is 12.5. The van der Waals surface area contributed by atoms with Crippen LogP contribution in [-0.2, 0) is 0 Å². The highest BCUT2D eigenvalue weighted by atomic mass is 14.9. The van der Waals surface area contributed by atoms with Crippen LogP contribution in [-0.4, -0.2) is 20.1 Å². The van der Waals surface area contributed by atoms with Crippen molar-refractivity contribution in [2.24, 2.45) is 0 Å². The van der Waals surface area contributed by atoms with Crippen LogP contribution in [0.2, 0.25) is 0 Å². The zero-order valence-corrected chi connectivity index (χ0v) is 10.0. The maximum Gasteiger partial charge on any atom is 0.0340 e. The number of nitrogens with one attached hydrogen (secondary N) is 2. The summed E-state index contributed by atoms with van der Waals surface area (Å²) in [5, 5.41) is 6.48. The number of rotatable bonds is 6. The minimum atomic E-state index is 0.663. The van der Waals surface area contributed by atoms with Crippen LogP contribution in [0.15, 0.2) is 24.3 Å². The summed E-state index contributed by atoms with van der Waals surface area (Å²) in [5.74, 6) is 0.663. The van der Waals surface area contributed by atoms with E-state index in [0.29, 0.717) is 5.92 Å². The minimum Gasteiger partial charge on any atom is -0.384 e. The highest BCUT2D eigenvalue weighted by Crippen LogP contribution is 2.20. The van der Waals surface area contributed by atoms with Crippen LogP contribution < -0.4 is 10.6 Å². The van der Waals surface area contributed by atoms with Crippen LogP contribution in [0, 0.1) is 0 Å². The summed E-state index contributed by atoms with van der Waals surface area (Å²) in [6, 6.07) is 8.76. The Kier molecular flexibility index (Phi) is 5.19. The number of benzene rings is 1. The van der Waals surface area contributed by atoms with Crippen molar-refractivity contribution in [3.8, 4) is 0 Å². The molecular weight excluding hydrogens is 184 g/mol. The van der Waals surface area contributed by atoms with E-state index in [0.717, 1.165) is 13.1 Å². The lowest BCUT2D eigenvalue weighted by Crippen LogP contribution is -2.17. The second-order valence-corrected chi connectivity index (χ2v) is 3.96. The predicted molar refractivity (Wildman–Crippen MR) is 67.6 cm³/mol. The lowest BCUT2D eigenvalue weighted by Gasteiger charge is -2.10. The molecule has 2 nitrogen and oxygen atoms in total. The molecule has 0 radical (unpaired) electrons. The molecule has 2 heteroatoms. The molecule has 1 aromatic carbocycles. The Morgan fingerprint density at radius 1 is 1.13 bits per heavy atom. The van der Waals surface area contributed by atoms with Crippen LogP contribution >= 0.6 is 0 Å². The fourth-order valence-electron chi connectivity index (χ4n) is 1.50. The lowest BCUT2D eigenvalue weighted by molar-refractivity contribution is 0.733. The Labute approximate surface area is 93.1 Å². The van der Waals surface area contributed by atoms with Crippen LogP contribution in [0.4, 0.5) is 5.69 Å². The van der Waals surface area contributed by atoms with Gasteiger partial charge in [-0.2, -0.15) is 0 Å². The molecule has 0 amide bonds. The molecule has 1 unspecified atom stereocenters. The Balaban J connectivity index is 2.49. The number of likely N-dealkylation sites (N-methyl/N-ethyl adjacent to an activating group) is 1. The summed E-state index contributed by atoms with van der Waals surface area (Å²) >= 11 is 0. The van der Waals surface area contributed by atoms with Crippen LogP contribution in [0.1, 0.15) is 31.7 Å². The fraction of sp³-hybridized carbons (Fsp3) is 0.538. The molecule has 15 heavy (non-hydrogen) atoms. The van der Waals surface area contributed by atoms with E-state index in [1.54, 1.807) is 0 Å². The molecule has 1 aromatic rings. The van der Waals surface area contributed by atoms with Gasteiger partial charge in [-0.3, -0.25) is 0 Å². The Hall–Kier alpha value is -1.02. The number of anilines is 1. The third kappa shape index (κ3) is 3.92. The van der Waals surface area contributed by atoms with Crippen LogP contribution in [0.5, 0.6) is 0 Å². The van der Waals surface area contributed by atoms with Crippen molar-refractivity contribution >= 4 is 5.69 Å². The molecular formula is C13H22N2. The summed E-state index contributed by atoms with van der Waals surface area (Å²) in [6.45, 7) is 6.46. The van der Waals surface area contributed by atoms with Crippen molar-refractivity contribution in [1.29, 1.82) is 0 Å². The Morgan fingerprint density at radius 2 is 1.80 bits per heavy atom. The van der Waals surface area contributed by atoms with Gasteiger partial charge in [-0.05, 0) is 37.1 Å². The molecule has 0 saturated carbocycles. The fourth-order valence-corrected chi connectivity index (χ4v) is 1.50. The SMILES string of the molecule is CCC(C)c1ccc(NCCNC)cc1. The maximum atomic E-state index is 3.37. The first-order valence-corrected chi connectivity index (χ1v) is 5.76. The third-order valence-electron chi connectivity index (χ3n) is 2.80. The average Bonchev–Trinajstić information content (AvgIpc) is 2.29. The molecule has 0 aromatic heterocycles. The van der Waals surface area contributed by atoms with Gasteiger partial charge in [0.05, 0.1) is 0 Å². The van der Waals surface area contributed by atoms with E-state index in [2.05, 4.69) is 48.7 Å². The molecule has 0 aliphatic carbocycles. The van der Waals surface area contributed by atoms with Gasteiger partial charge in [0.2, 0.25) is 0 Å². The average molecular weight is 206 g/mol. The molecule has 0 spiro atoms. The summed E-state index contributed by atoms with van der Waals surface area (Å²) in [4.78, 5) is 0. The highest BCUT2D eigenvalue weighted by molar-refractivity contribution is 5.45. The third-order valence-corrected chi connectivity index (χ3v) is 2.80. The smallest absolute Gasteiger partial charge is 0.0340 e. The molecule has 0 fully saturated rings. The zero-order chi connectivity index (χ0) is 11.1. The van der Waals surface area contributed by atoms with Gasteiger partial charge >= 0.3 is 0 Å². The van der Waals surface area contributed by atoms with E-state index in [1.165, 1.54) is 17.7 Å². The van der Waals surface area contributed by atoms with Crippen LogP contribution in [0.25, 0.3) is 0 Å². The first kappa shape index (κ1) is 12.1. The van der Waals surface area contributed by atoms with Gasteiger partial charge in [0.1, 0.15) is 0 Å². The van der Waals surface area contributed by atoms with E-state index >= 15 is 0 Å². The quantitative estimate of drug-likeness (QED) is 0.699. The van der Waals surface area contributed by atoms with Crippen molar-refractivity contribution in [3.63, 3.8) is 0 Å². The molecule has 0 bridgehead atoms. The van der Waals surface area contributed by atoms with Gasteiger partial charge in [-0.15, -0.1) is 0 Å². The second-order valence-electron chi connectivity index (χ2n) is 3.96.